The Bertz CT molecular complexity index is 940. The van der Waals surface area contributed by atoms with Gasteiger partial charge in [0.05, 0.1) is 5.69 Å². The molecule has 10 heteroatoms. The van der Waals surface area contributed by atoms with E-state index < -0.39 is 11.9 Å². The van der Waals surface area contributed by atoms with E-state index in [9.17, 15) is 18.0 Å². The molecule has 0 radical (unpaired) electrons. The number of rotatable bonds is 4. The van der Waals surface area contributed by atoms with Gasteiger partial charge in [0.15, 0.2) is 5.69 Å². The van der Waals surface area contributed by atoms with Crippen molar-refractivity contribution in [2.75, 3.05) is 26.2 Å². The van der Waals surface area contributed by atoms with Crippen molar-refractivity contribution in [1.82, 2.24) is 29.4 Å². The van der Waals surface area contributed by atoms with E-state index in [0.29, 0.717) is 31.6 Å². The van der Waals surface area contributed by atoms with Gasteiger partial charge in [0.25, 0.3) is 0 Å². The minimum Gasteiger partial charge on any atom is -0.339 e. The number of aryl methyl sites for hydroxylation is 2. The number of nitrogens with zero attached hydrogens (tertiary/aromatic N) is 6. The van der Waals surface area contributed by atoms with Gasteiger partial charge in [0, 0.05) is 62.8 Å². The normalized spacial score (nSPS) is 18.2. The van der Waals surface area contributed by atoms with Gasteiger partial charge >= 0.3 is 6.18 Å². The van der Waals surface area contributed by atoms with Crippen LogP contribution in [0.4, 0.5) is 13.2 Å². The second-order valence-electron chi connectivity index (χ2n) is 8.56. The van der Waals surface area contributed by atoms with Crippen molar-refractivity contribution < 1.29 is 18.0 Å². The van der Waals surface area contributed by atoms with Crippen LogP contribution in [0, 0.1) is 6.92 Å². The van der Waals surface area contributed by atoms with E-state index in [1.54, 1.807) is 9.58 Å². The van der Waals surface area contributed by atoms with Crippen LogP contribution in [0.15, 0.2) is 6.20 Å². The van der Waals surface area contributed by atoms with E-state index in [1.807, 2.05) is 20.2 Å². The second kappa shape index (κ2) is 8.64. The molecule has 1 aliphatic heterocycles. The molecule has 3 heterocycles. The molecule has 2 aromatic heterocycles. The van der Waals surface area contributed by atoms with Gasteiger partial charge in [-0.05, 0) is 32.6 Å². The summed E-state index contributed by atoms with van der Waals surface area (Å²) in [6, 6.07) is 0. The minimum absolute atomic E-state index is 0.125. The summed E-state index contributed by atoms with van der Waals surface area (Å²) >= 11 is 0. The first-order valence-electron chi connectivity index (χ1n) is 10.9. The monoisotopic (exact) mass is 438 g/mol. The Hall–Kier alpha value is -2.36. The lowest BCUT2D eigenvalue weighted by Gasteiger charge is -2.34. The number of carbonyl (C=O) groups excluding carboxylic acids is 1. The molecular formula is C21H29F3N6O. The summed E-state index contributed by atoms with van der Waals surface area (Å²) in [7, 11) is 1.90. The van der Waals surface area contributed by atoms with Crippen LogP contribution in [0.25, 0.3) is 0 Å². The molecule has 2 aliphatic rings. The number of carbonyl (C=O) groups is 1. The standard InChI is InChI=1S/C21H29F3N6O/c1-15-16(12-27(2)25-15)13-28-8-10-29(11-9-28)19(31)14-30-18-7-5-3-4-6-17(18)20(26-30)21(22,23)24/h12H,3-11,13-14H2,1-2H3. The summed E-state index contributed by atoms with van der Waals surface area (Å²) in [5.41, 5.74) is 2.23. The molecule has 0 saturated carbocycles. The molecule has 1 aliphatic carbocycles. The molecule has 0 atom stereocenters. The van der Waals surface area contributed by atoms with Crippen molar-refractivity contribution in [3.8, 4) is 0 Å². The number of aromatic nitrogens is 4. The number of hydrogen-bond donors (Lipinski definition) is 0. The number of amides is 1. The average molecular weight is 438 g/mol. The number of alkyl halides is 3. The molecule has 0 N–H and O–H groups in total. The van der Waals surface area contributed by atoms with Crippen LogP contribution < -0.4 is 0 Å². The zero-order chi connectivity index (χ0) is 22.2. The van der Waals surface area contributed by atoms with E-state index in [1.165, 1.54) is 10.2 Å². The molecule has 0 spiro atoms. The number of fused-ring (bicyclic) bond motifs is 1. The number of hydrogen-bond acceptors (Lipinski definition) is 4. The third-order valence-corrected chi connectivity index (χ3v) is 6.29. The molecule has 31 heavy (non-hydrogen) atoms. The molecule has 7 nitrogen and oxygen atoms in total. The SMILES string of the molecule is Cc1nn(C)cc1CN1CCN(C(=O)Cn2nc(C(F)(F)F)c3c2CCCCC3)CC1. The van der Waals surface area contributed by atoms with Crippen LogP contribution in [0.1, 0.15) is 47.5 Å². The molecule has 0 aromatic carbocycles. The highest BCUT2D eigenvalue weighted by Gasteiger charge is 2.39. The van der Waals surface area contributed by atoms with Crippen LogP contribution in [0.2, 0.25) is 0 Å². The Labute approximate surface area is 179 Å². The van der Waals surface area contributed by atoms with Crippen LogP contribution in [0.5, 0.6) is 0 Å². The number of piperazine rings is 1. The van der Waals surface area contributed by atoms with Gasteiger partial charge in [-0.2, -0.15) is 23.4 Å². The second-order valence-corrected chi connectivity index (χ2v) is 8.56. The summed E-state index contributed by atoms with van der Waals surface area (Å²) in [4.78, 5) is 16.9. The van der Waals surface area contributed by atoms with Crippen molar-refractivity contribution in [3.63, 3.8) is 0 Å². The molecular weight excluding hydrogens is 409 g/mol. The topological polar surface area (TPSA) is 59.2 Å². The van der Waals surface area contributed by atoms with Gasteiger partial charge in [0.2, 0.25) is 5.91 Å². The van der Waals surface area contributed by atoms with Crippen LogP contribution in [-0.4, -0.2) is 61.4 Å². The van der Waals surface area contributed by atoms with Crippen LogP contribution in [-0.2, 0) is 43.9 Å². The quantitative estimate of drug-likeness (QED) is 0.689. The predicted octanol–water partition coefficient (Wildman–Crippen LogP) is 2.56. The molecule has 170 valence electrons. The smallest absolute Gasteiger partial charge is 0.339 e. The van der Waals surface area contributed by atoms with Gasteiger partial charge in [-0.1, -0.05) is 6.42 Å². The fourth-order valence-electron chi connectivity index (χ4n) is 4.63. The Morgan fingerprint density at radius 3 is 2.42 bits per heavy atom. The van der Waals surface area contributed by atoms with Gasteiger partial charge in [-0.25, -0.2) is 0 Å². The minimum atomic E-state index is -4.49. The Balaban J connectivity index is 1.40. The highest BCUT2D eigenvalue weighted by Crippen LogP contribution is 2.35. The summed E-state index contributed by atoms with van der Waals surface area (Å²) in [6.07, 6.45) is 0.908. The largest absolute Gasteiger partial charge is 0.435 e. The number of halogens is 3. The molecule has 1 fully saturated rings. The maximum atomic E-state index is 13.5. The van der Waals surface area contributed by atoms with Gasteiger partial charge in [0.1, 0.15) is 6.54 Å². The summed E-state index contributed by atoms with van der Waals surface area (Å²) in [6.45, 7) is 5.22. The lowest BCUT2D eigenvalue weighted by atomic mass is 10.1. The van der Waals surface area contributed by atoms with Crippen LogP contribution >= 0.6 is 0 Å². The van der Waals surface area contributed by atoms with Crippen molar-refractivity contribution in [2.24, 2.45) is 7.05 Å². The van der Waals surface area contributed by atoms with Gasteiger partial charge in [-0.15, -0.1) is 0 Å². The summed E-state index contributed by atoms with van der Waals surface area (Å²) in [5.74, 6) is -0.166. The molecule has 1 saturated heterocycles. The third kappa shape index (κ3) is 4.78. The first kappa shape index (κ1) is 21.9. The first-order chi connectivity index (χ1) is 14.7. The molecule has 2 aromatic rings. The van der Waals surface area contributed by atoms with Crippen molar-refractivity contribution in [2.45, 2.75) is 58.3 Å². The molecule has 4 rings (SSSR count). The van der Waals surface area contributed by atoms with Crippen LogP contribution in [0.3, 0.4) is 0 Å². The molecule has 1 amide bonds. The van der Waals surface area contributed by atoms with Crippen molar-refractivity contribution in [1.29, 1.82) is 0 Å². The highest BCUT2D eigenvalue weighted by molar-refractivity contribution is 5.76. The Morgan fingerprint density at radius 2 is 1.77 bits per heavy atom. The zero-order valence-corrected chi connectivity index (χ0v) is 18.1. The van der Waals surface area contributed by atoms with E-state index in [4.69, 9.17) is 0 Å². The van der Waals surface area contributed by atoms with Crippen molar-refractivity contribution >= 4 is 5.91 Å². The Morgan fingerprint density at radius 1 is 1.06 bits per heavy atom. The molecule has 0 bridgehead atoms. The van der Waals surface area contributed by atoms with Crippen molar-refractivity contribution in [3.05, 3.63) is 34.4 Å². The Kier molecular flexibility index (Phi) is 6.09. The lowest BCUT2D eigenvalue weighted by molar-refractivity contribution is -0.142. The first-order valence-corrected chi connectivity index (χ1v) is 10.9. The third-order valence-electron chi connectivity index (χ3n) is 6.29. The fourth-order valence-corrected chi connectivity index (χ4v) is 4.63. The average Bonchev–Trinajstić information content (AvgIpc) is 3.10. The maximum absolute atomic E-state index is 13.5. The predicted molar refractivity (Wildman–Crippen MR) is 108 cm³/mol. The molecule has 0 unspecified atom stereocenters. The van der Waals surface area contributed by atoms with E-state index in [-0.39, 0.29) is 18.0 Å². The summed E-state index contributed by atoms with van der Waals surface area (Å²) in [5, 5.41) is 8.21. The van der Waals surface area contributed by atoms with E-state index in [0.717, 1.165) is 44.6 Å². The summed E-state index contributed by atoms with van der Waals surface area (Å²) < 4.78 is 43.6. The van der Waals surface area contributed by atoms with Gasteiger partial charge < -0.3 is 4.90 Å². The lowest BCUT2D eigenvalue weighted by Crippen LogP contribution is -2.49. The van der Waals surface area contributed by atoms with E-state index >= 15 is 0 Å². The maximum Gasteiger partial charge on any atom is 0.435 e. The highest BCUT2D eigenvalue weighted by atomic mass is 19.4. The van der Waals surface area contributed by atoms with Gasteiger partial charge in [-0.3, -0.25) is 19.1 Å². The van der Waals surface area contributed by atoms with E-state index in [2.05, 4.69) is 15.1 Å². The fraction of sp³-hybridized carbons (Fsp3) is 0.667. The zero-order valence-electron chi connectivity index (χ0n) is 18.1.